The summed E-state index contributed by atoms with van der Waals surface area (Å²) < 4.78 is 0. The van der Waals surface area contributed by atoms with Gasteiger partial charge in [-0.3, -0.25) is 0 Å². The largest absolute Gasteiger partial charge is 0.341 e. The van der Waals surface area contributed by atoms with Gasteiger partial charge in [0.15, 0.2) is 0 Å². The standard InChI is InChI=1S/C12H13N/c1-9-5-6-11(9)13-8-7-10-3-2-4-12(10)13/h2,4-8,10,12H,3H2,1H3/t10?,12-/m1/s1. The summed E-state index contributed by atoms with van der Waals surface area (Å²) in [5, 5.41) is 0. The molecule has 13 heavy (non-hydrogen) atoms. The van der Waals surface area contributed by atoms with Crippen LogP contribution in [0.25, 0.3) is 0 Å². The lowest BCUT2D eigenvalue weighted by Gasteiger charge is -2.30. The van der Waals surface area contributed by atoms with E-state index in [0.717, 1.165) is 5.92 Å². The fraction of sp³-hybridized carbons (Fsp3) is 0.333. The highest BCUT2D eigenvalue weighted by Gasteiger charge is 2.32. The number of rotatable bonds is 1. The van der Waals surface area contributed by atoms with E-state index in [-0.39, 0.29) is 0 Å². The van der Waals surface area contributed by atoms with Crippen molar-refractivity contribution in [1.82, 2.24) is 4.90 Å². The average Bonchev–Trinajstić information content (AvgIpc) is 2.66. The molecule has 0 fully saturated rings. The van der Waals surface area contributed by atoms with Crippen molar-refractivity contribution >= 4 is 0 Å². The molecule has 0 saturated heterocycles. The second-order valence-electron chi connectivity index (χ2n) is 3.97. The Morgan fingerprint density at radius 1 is 1.31 bits per heavy atom. The fourth-order valence-corrected chi connectivity index (χ4v) is 2.31. The van der Waals surface area contributed by atoms with Crippen LogP contribution in [-0.2, 0) is 0 Å². The van der Waals surface area contributed by atoms with Crippen molar-refractivity contribution in [3.8, 4) is 0 Å². The molecule has 2 aliphatic carbocycles. The molecule has 2 atom stereocenters. The van der Waals surface area contributed by atoms with Crippen LogP contribution in [0.2, 0.25) is 0 Å². The maximum Gasteiger partial charge on any atom is 0.0582 e. The van der Waals surface area contributed by atoms with E-state index in [1.165, 1.54) is 17.7 Å². The predicted molar refractivity (Wildman–Crippen MR) is 53.9 cm³/mol. The molecule has 0 saturated carbocycles. The molecular weight excluding hydrogens is 158 g/mol. The van der Waals surface area contributed by atoms with Crippen molar-refractivity contribution in [3.63, 3.8) is 0 Å². The fourth-order valence-electron chi connectivity index (χ4n) is 2.31. The van der Waals surface area contributed by atoms with E-state index in [2.05, 4.69) is 48.4 Å². The van der Waals surface area contributed by atoms with Crippen LogP contribution in [0.3, 0.4) is 0 Å². The van der Waals surface area contributed by atoms with Crippen molar-refractivity contribution in [2.24, 2.45) is 5.92 Å². The molecule has 1 heteroatoms. The van der Waals surface area contributed by atoms with Gasteiger partial charge in [0.1, 0.15) is 0 Å². The average molecular weight is 171 g/mol. The molecule has 1 unspecified atom stereocenters. The molecule has 0 bridgehead atoms. The van der Waals surface area contributed by atoms with E-state index in [9.17, 15) is 0 Å². The molecular formula is C12H13N. The van der Waals surface area contributed by atoms with Gasteiger partial charge in [-0.05, 0) is 25.0 Å². The second-order valence-corrected chi connectivity index (χ2v) is 3.97. The lowest BCUT2D eigenvalue weighted by molar-refractivity contribution is 0.380. The van der Waals surface area contributed by atoms with Crippen LogP contribution < -0.4 is 0 Å². The number of hydrogen-bond donors (Lipinski definition) is 0. The van der Waals surface area contributed by atoms with Gasteiger partial charge >= 0.3 is 0 Å². The lowest BCUT2D eigenvalue weighted by atomic mass is 10.0. The first-order valence-corrected chi connectivity index (χ1v) is 4.88. The molecule has 3 rings (SSSR count). The molecule has 1 nitrogen and oxygen atoms in total. The molecule has 0 aromatic carbocycles. The van der Waals surface area contributed by atoms with Crippen LogP contribution >= 0.6 is 0 Å². The number of fused-ring (bicyclic) bond motifs is 1. The zero-order chi connectivity index (χ0) is 8.84. The topological polar surface area (TPSA) is 3.24 Å². The SMILES string of the molecule is CC1=CC=C1N1C=CC2CC=C[C@H]21. The van der Waals surface area contributed by atoms with Crippen LogP contribution in [0.5, 0.6) is 0 Å². The summed E-state index contributed by atoms with van der Waals surface area (Å²) >= 11 is 0. The Labute approximate surface area is 78.7 Å². The van der Waals surface area contributed by atoms with E-state index < -0.39 is 0 Å². The third kappa shape index (κ3) is 0.873. The van der Waals surface area contributed by atoms with Crippen molar-refractivity contribution < 1.29 is 0 Å². The van der Waals surface area contributed by atoms with Gasteiger partial charge in [0.25, 0.3) is 0 Å². The van der Waals surface area contributed by atoms with Gasteiger partial charge in [0.05, 0.1) is 6.04 Å². The van der Waals surface area contributed by atoms with Crippen LogP contribution in [0.15, 0.2) is 47.9 Å². The maximum absolute atomic E-state index is 2.39. The van der Waals surface area contributed by atoms with Gasteiger partial charge in [-0.1, -0.05) is 24.3 Å². The van der Waals surface area contributed by atoms with Crippen LogP contribution in [0, 0.1) is 5.92 Å². The number of hydrogen-bond acceptors (Lipinski definition) is 1. The summed E-state index contributed by atoms with van der Waals surface area (Å²) in [5.74, 6) is 0.731. The summed E-state index contributed by atoms with van der Waals surface area (Å²) in [6, 6.07) is 0.606. The highest BCUT2D eigenvalue weighted by Crippen LogP contribution is 2.37. The molecule has 1 heterocycles. The first-order chi connectivity index (χ1) is 6.36. The third-order valence-electron chi connectivity index (χ3n) is 3.17. The van der Waals surface area contributed by atoms with Crippen molar-refractivity contribution in [2.75, 3.05) is 0 Å². The van der Waals surface area contributed by atoms with Crippen molar-refractivity contribution in [1.29, 1.82) is 0 Å². The smallest absolute Gasteiger partial charge is 0.0582 e. The molecule has 1 aliphatic heterocycles. The van der Waals surface area contributed by atoms with E-state index in [4.69, 9.17) is 0 Å². The monoisotopic (exact) mass is 171 g/mol. The highest BCUT2D eigenvalue weighted by atomic mass is 15.2. The van der Waals surface area contributed by atoms with E-state index >= 15 is 0 Å². The molecule has 0 aromatic rings. The third-order valence-corrected chi connectivity index (χ3v) is 3.17. The van der Waals surface area contributed by atoms with Gasteiger partial charge < -0.3 is 4.90 Å². The summed E-state index contributed by atoms with van der Waals surface area (Å²) in [5.41, 5.74) is 2.81. The Balaban J connectivity index is 1.86. The Bertz CT molecular complexity index is 357. The number of nitrogens with zero attached hydrogens (tertiary/aromatic N) is 1. The summed E-state index contributed by atoms with van der Waals surface area (Å²) in [6.45, 7) is 2.18. The lowest BCUT2D eigenvalue weighted by Crippen LogP contribution is -2.29. The summed E-state index contributed by atoms with van der Waals surface area (Å²) in [4.78, 5) is 2.39. The summed E-state index contributed by atoms with van der Waals surface area (Å²) in [7, 11) is 0. The van der Waals surface area contributed by atoms with Crippen LogP contribution in [0.4, 0.5) is 0 Å². The Morgan fingerprint density at radius 3 is 2.92 bits per heavy atom. The van der Waals surface area contributed by atoms with Gasteiger partial charge in [-0.2, -0.15) is 0 Å². The van der Waals surface area contributed by atoms with E-state index in [0.29, 0.717) is 6.04 Å². The van der Waals surface area contributed by atoms with Gasteiger partial charge in [0, 0.05) is 17.8 Å². The Morgan fingerprint density at radius 2 is 2.23 bits per heavy atom. The zero-order valence-corrected chi connectivity index (χ0v) is 7.77. The predicted octanol–water partition coefficient (Wildman–Crippen LogP) is 2.60. The molecule has 0 spiro atoms. The minimum absolute atomic E-state index is 0.606. The molecule has 0 aromatic heterocycles. The quantitative estimate of drug-likeness (QED) is 0.548. The van der Waals surface area contributed by atoms with Gasteiger partial charge in [-0.25, -0.2) is 0 Å². The number of allylic oxidation sites excluding steroid dienone is 4. The minimum atomic E-state index is 0.606. The Kier molecular flexibility index (Phi) is 1.32. The highest BCUT2D eigenvalue weighted by molar-refractivity contribution is 5.46. The van der Waals surface area contributed by atoms with Crippen LogP contribution in [0.1, 0.15) is 13.3 Å². The van der Waals surface area contributed by atoms with Crippen molar-refractivity contribution in [3.05, 3.63) is 47.9 Å². The normalized spacial score (nSPS) is 34.4. The maximum atomic E-state index is 2.39. The van der Waals surface area contributed by atoms with Gasteiger partial charge in [0.2, 0.25) is 0 Å². The zero-order valence-electron chi connectivity index (χ0n) is 7.77. The molecule has 0 N–H and O–H groups in total. The second kappa shape index (κ2) is 2.38. The van der Waals surface area contributed by atoms with Crippen LogP contribution in [-0.4, -0.2) is 10.9 Å². The van der Waals surface area contributed by atoms with E-state index in [1.54, 1.807) is 0 Å². The van der Waals surface area contributed by atoms with Crippen molar-refractivity contribution in [2.45, 2.75) is 19.4 Å². The minimum Gasteiger partial charge on any atom is -0.341 e. The molecule has 66 valence electrons. The first-order valence-electron chi connectivity index (χ1n) is 4.88. The summed E-state index contributed by atoms with van der Waals surface area (Å²) in [6.07, 6.45) is 14.8. The molecule has 0 radical (unpaired) electrons. The van der Waals surface area contributed by atoms with E-state index in [1.807, 2.05) is 0 Å². The van der Waals surface area contributed by atoms with Gasteiger partial charge in [-0.15, -0.1) is 0 Å². The Hall–Kier alpha value is -1.24. The molecule has 0 amide bonds. The molecule has 3 aliphatic rings. The first kappa shape index (κ1) is 7.19.